The second-order valence-electron chi connectivity index (χ2n) is 5.86. The second kappa shape index (κ2) is 6.54. The lowest BCUT2D eigenvalue weighted by molar-refractivity contribution is -0.0245. The van der Waals surface area contributed by atoms with E-state index in [4.69, 9.17) is 9.26 Å². The van der Waals surface area contributed by atoms with E-state index in [-0.39, 0.29) is 6.04 Å². The largest absolute Gasteiger partial charge is 0.378 e. The van der Waals surface area contributed by atoms with Crippen LogP contribution in [0.1, 0.15) is 23.5 Å². The highest BCUT2D eigenvalue weighted by molar-refractivity contribution is 5.54. The lowest BCUT2D eigenvalue weighted by Gasteiger charge is -2.32. The number of aryl methyl sites for hydroxylation is 1. The van der Waals surface area contributed by atoms with Crippen molar-refractivity contribution >= 4 is 0 Å². The van der Waals surface area contributed by atoms with Gasteiger partial charge in [0, 0.05) is 30.5 Å². The van der Waals surface area contributed by atoms with Crippen LogP contribution in [0.15, 0.2) is 41.1 Å². The Morgan fingerprint density at radius 3 is 2.96 bits per heavy atom. The number of nitrogens with one attached hydrogen (secondary N) is 1. The monoisotopic (exact) mass is 325 g/mol. The van der Waals surface area contributed by atoms with Crippen molar-refractivity contribution in [2.45, 2.75) is 19.5 Å². The topological polar surface area (TPSA) is 80.1 Å². The van der Waals surface area contributed by atoms with Gasteiger partial charge in [0.25, 0.3) is 0 Å². The van der Waals surface area contributed by atoms with E-state index in [0.717, 1.165) is 30.2 Å². The minimum Gasteiger partial charge on any atom is -0.378 e. The Labute approximate surface area is 139 Å². The van der Waals surface area contributed by atoms with Crippen LogP contribution in [0.2, 0.25) is 0 Å². The van der Waals surface area contributed by atoms with Gasteiger partial charge >= 0.3 is 0 Å². The lowest BCUT2D eigenvalue weighted by atomic mass is 10.2. The molecule has 1 saturated heterocycles. The molecule has 2 aromatic heterocycles. The molecule has 7 heteroatoms. The summed E-state index contributed by atoms with van der Waals surface area (Å²) >= 11 is 0. The number of ether oxygens (including phenoxy) is 1. The lowest BCUT2D eigenvalue weighted by Crippen LogP contribution is -2.39. The number of hydrogen-bond acceptors (Lipinski definition) is 6. The highest BCUT2D eigenvalue weighted by atomic mass is 16.5. The van der Waals surface area contributed by atoms with Crippen LogP contribution in [0.25, 0.3) is 11.4 Å². The number of imidazole rings is 1. The van der Waals surface area contributed by atoms with Gasteiger partial charge < -0.3 is 14.2 Å². The fraction of sp³-hybridized carbons (Fsp3) is 0.353. The van der Waals surface area contributed by atoms with E-state index in [1.54, 1.807) is 0 Å². The number of aromatic nitrogens is 4. The van der Waals surface area contributed by atoms with E-state index >= 15 is 0 Å². The van der Waals surface area contributed by atoms with Crippen LogP contribution in [0.4, 0.5) is 0 Å². The molecule has 1 atom stereocenters. The van der Waals surface area contributed by atoms with Gasteiger partial charge in [-0.2, -0.15) is 4.98 Å². The van der Waals surface area contributed by atoms with E-state index in [1.807, 2.05) is 43.5 Å². The van der Waals surface area contributed by atoms with E-state index in [1.165, 1.54) is 0 Å². The molecule has 1 aliphatic rings. The molecule has 0 amide bonds. The van der Waals surface area contributed by atoms with Gasteiger partial charge in [0.15, 0.2) is 5.82 Å². The SMILES string of the molecule is Cc1noc([C@H]2COCCN2Cc2cnc(-c3ccccc3)[nH]2)n1. The van der Waals surface area contributed by atoms with Crippen LogP contribution in [-0.2, 0) is 11.3 Å². The summed E-state index contributed by atoms with van der Waals surface area (Å²) in [6, 6.07) is 10.1. The van der Waals surface area contributed by atoms with Crippen molar-refractivity contribution in [2.75, 3.05) is 19.8 Å². The average Bonchev–Trinajstić information content (AvgIpc) is 3.25. The summed E-state index contributed by atoms with van der Waals surface area (Å²) in [7, 11) is 0. The first-order valence-corrected chi connectivity index (χ1v) is 8.01. The van der Waals surface area contributed by atoms with Crippen LogP contribution in [0.3, 0.4) is 0 Å². The van der Waals surface area contributed by atoms with Crippen LogP contribution in [0, 0.1) is 6.92 Å². The zero-order chi connectivity index (χ0) is 16.4. The van der Waals surface area contributed by atoms with Crippen LogP contribution in [-0.4, -0.2) is 44.8 Å². The zero-order valence-electron chi connectivity index (χ0n) is 13.5. The average molecular weight is 325 g/mol. The molecule has 124 valence electrons. The molecular weight excluding hydrogens is 306 g/mol. The van der Waals surface area contributed by atoms with Gasteiger partial charge in [-0.05, 0) is 6.92 Å². The summed E-state index contributed by atoms with van der Waals surface area (Å²) in [5.74, 6) is 2.13. The molecule has 0 saturated carbocycles. The van der Waals surface area contributed by atoms with Crippen molar-refractivity contribution < 1.29 is 9.26 Å². The molecule has 3 heterocycles. The predicted octanol–water partition coefficient (Wildman–Crippen LogP) is 2.34. The summed E-state index contributed by atoms with van der Waals surface area (Å²) in [6.45, 7) is 4.62. The summed E-state index contributed by atoms with van der Waals surface area (Å²) in [5, 5.41) is 3.89. The molecule has 1 fully saturated rings. The van der Waals surface area contributed by atoms with Crippen molar-refractivity contribution in [2.24, 2.45) is 0 Å². The van der Waals surface area contributed by atoms with Gasteiger partial charge in [-0.25, -0.2) is 4.98 Å². The number of hydrogen-bond donors (Lipinski definition) is 1. The third-order valence-corrected chi connectivity index (χ3v) is 4.12. The van der Waals surface area contributed by atoms with Gasteiger partial charge in [0.05, 0.1) is 13.2 Å². The first-order valence-electron chi connectivity index (χ1n) is 8.01. The van der Waals surface area contributed by atoms with Crippen LogP contribution < -0.4 is 0 Å². The van der Waals surface area contributed by atoms with Crippen molar-refractivity contribution in [1.82, 2.24) is 25.0 Å². The molecular formula is C17H19N5O2. The number of H-pyrrole nitrogens is 1. The van der Waals surface area contributed by atoms with Crippen molar-refractivity contribution in [3.63, 3.8) is 0 Å². The van der Waals surface area contributed by atoms with Gasteiger partial charge in [0.1, 0.15) is 11.9 Å². The zero-order valence-corrected chi connectivity index (χ0v) is 13.5. The maximum absolute atomic E-state index is 5.59. The third-order valence-electron chi connectivity index (χ3n) is 4.12. The Hall–Kier alpha value is -2.51. The van der Waals surface area contributed by atoms with Crippen LogP contribution >= 0.6 is 0 Å². The van der Waals surface area contributed by atoms with Gasteiger partial charge in [-0.15, -0.1) is 0 Å². The fourth-order valence-electron chi connectivity index (χ4n) is 2.90. The molecule has 0 bridgehead atoms. The molecule has 1 N–H and O–H groups in total. The van der Waals surface area contributed by atoms with E-state index in [9.17, 15) is 0 Å². The number of nitrogens with zero attached hydrogens (tertiary/aromatic N) is 4. The Kier molecular flexibility index (Phi) is 4.10. The summed E-state index contributed by atoms with van der Waals surface area (Å²) in [6.07, 6.45) is 1.88. The van der Waals surface area contributed by atoms with Crippen molar-refractivity contribution in [1.29, 1.82) is 0 Å². The van der Waals surface area contributed by atoms with E-state index in [2.05, 4.69) is 25.0 Å². The molecule has 0 radical (unpaired) electrons. The first kappa shape index (κ1) is 15.0. The molecule has 24 heavy (non-hydrogen) atoms. The maximum atomic E-state index is 5.59. The van der Waals surface area contributed by atoms with Crippen molar-refractivity contribution in [3.8, 4) is 11.4 Å². The molecule has 1 aliphatic heterocycles. The summed E-state index contributed by atoms with van der Waals surface area (Å²) in [5.41, 5.74) is 2.13. The van der Waals surface area contributed by atoms with Crippen LogP contribution in [0.5, 0.6) is 0 Å². The highest BCUT2D eigenvalue weighted by Crippen LogP contribution is 2.25. The van der Waals surface area contributed by atoms with Gasteiger partial charge in [-0.1, -0.05) is 35.5 Å². The Morgan fingerprint density at radius 2 is 2.17 bits per heavy atom. The van der Waals surface area contributed by atoms with Gasteiger partial charge in [-0.3, -0.25) is 4.90 Å². The van der Waals surface area contributed by atoms with E-state index < -0.39 is 0 Å². The number of rotatable bonds is 4. The smallest absolute Gasteiger partial charge is 0.246 e. The van der Waals surface area contributed by atoms with Crippen molar-refractivity contribution in [3.05, 3.63) is 53.9 Å². The minimum absolute atomic E-state index is 0.0246. The summed E-state index contributed by atoms with van der Waals surface area (Å²) < 4.78 is 10.9. The Morgan fingerprint density at radius 1 is 1.29 bits per heavy atom. The number of aromatic amines is 1. The van der Waals surface area contributed by atoms with Gasteiger partial charge in [0.2, 0.25) is 5.89 Å². The number of morpholine rings is 1. The molecule has 0 unspecified atom stereocenters. The minimum atomic E-state index is -0.0246. The second-order valence-corrected chi connectivity index (χ2v) is 5.86. The molecule has 0 aliphatic carbocycles. The first-order chi connectivity index (χ1) is 11.8. The molecule has 7 nitrogen and oxygen atoms in total. The number of benzene rings is 1. The molecule has 0 spiro atoms. The molecule has 4 rings (SSSR count). The Balaban J connectivity index is 1.52. The highest BCUT2D eigenvalue weighted by Gasteiger charge is 2.29. The maximum Gasteiger partial charge on any atom is 0.246 e. The Bertz CT molecular complexity index is 798. The quantitative estimate of drug-likeness (QED) is 0.793. The predicted molar refractivity (Wildman–Crippen MR) is 87.0 cm³/mol. The standard InChI is InChI=1S/C17H19N5O2/c1-12-19-17(24-21-12)15-11-23-8-7-22(15)10-14-9-18-16(20-14)13-5-3-2-4-6-13/h2-6,9,15H,7-8,10-11H2,1H3,(H,18,20)/t15-/m1/s1. The third kappa shape index (κ3) is 3.08. The summed E-state index contributed by atoms with van der Waals surface area (Å²) in [4.78, 5) is 14.5. The van der Waals surface area contributed by atoms with E-state index in [0.29, 0.717) is 24.9 Å². The fourth-order valence-corrected chi connectivity index (χ4v) is 2.90. The molecule has 3 aromatic rings. The normalized spacial score (nSPS) is 18.8. The molecule has 1 aromatic carbocycles.